The molecule has 5 rings (SSSR count). The Morgan fingerprint density at radius 3 is 2.18 bits per heavy atom. The number of carbonyl (C=O) groups excluding carboxylic acids is 1. The Bertz CT molecular complexity index is 936. The van der Waals surface area contributed by atoms with Crippen LogP contribution in [0.4, 0.5) is 0 Å². The van der Waals surface area contributed by atoms with Crippen LogP contribution in [-0.2, 0) is 9.59 Å². The number of Topliss-reactive ketones (excluding diaryl/α,β-unsaturated/α-hetero) is 1. The monoisotopic (exact) mass is 456 g/mol. The predicted molar refractivity (Wildman–Crippen MR) is 129 cm³/mol. The van der Waals surface area contributed by atoms with Gasteiger partial charge in [0.15, 0.2) is 5.78 Å². The van der Waals surface area contributed by atoms with Crippen molar-refractivity contribution in [3.8, 4) is 0 Å². The molecule has 0 unspecified atom stereocenters. The van der Waals surface area contributed by atoms with E-state index in [1.165, 1.54) is 18.4 Å². The molecule has 0 amide bonds. The van der Waals surface area contributed by atoms with E-state index in [2.05, 4.69) is 27.7 Å². The molecule has 4 fully saturated rings. The van der Waals surface area contributed by atoms with Gasteiger partial charge in [0.05, 0.1) is 5.41 Å². The van der Waals surface area contributed by atoms with Gasteiger partial charge in [0.2, 0.25) is 0 Å². The molecule has 0 heterocycles. The lowest BCUT2D eigenvalue weighted by molar-refractivity contribution is -0.235. The molecule has 33 heavy (non-hydrogen) atoms. The fourth-order valence-corrected chi connectivity index (χ4v) is 10.3. The van der Waals surface area contributed by atoms with Crippen LogP contribution < -0.4 is 0 Å². The van der Waals surface area contributed by atoms with Crippen LogP contribution in [0, 0.1) is 44.8 Å². The Kier molecular flexibility index (Phi) is 4.97. The summed E-state index contributed by atoms with van der Waals surface area (Å²) in [6.45, 7) is 13.9. The Hall–Kier alpha value is -1.16. The summed E-state index contributed by atoms with van der Waals surface area (Å²) in [4.78, 5) is 24.8. The summed E-state index contributed by atoms with van der Waals surface area (Å²) in [7, 11) is 0. The highest BCUT2D eigenvalue weighted by Gasteiger charge is 2.69. The van der Waals surface area contributed by atoms with Crippen molar-refractivity contribution in [3.63, 3.8) is 0 Å². The SMILES string of the molecule is CC1=C2CC[C@H]3[C@@](C)(CC[C@@]4(C)[C@@H]5C[C@](C)(C(=O)O)CC[C@]5(C)CC[C@]34C)[C@@H]2C[C@H](O)C1=O. The normalized spacial score (nSPS) is 54.1. The average molecular weight is 457 g/mol. The predicted octanol–water partition coefficient (Wildman–Crippen LogP) is 6.17. The molecule has 184 valence electrons. The largest absolute Gasteiger partial charge is 0.481 e. The molecule has 9 atom stereocenters. The molecule has 5 aliphatic carbocycles. The van der Waals surface area contributed by atoms with Crippen LogP contribution in [-0.4, -0.2) is 28.1 Å². The molecule has 4 heteroatoms. The van der Waals surface area contributed by atoms with Gasteiger partial charge < -0.3 is 10.2 Å². The molecule has 5 aliphatic rings. The van der Waals surface area contributed by atoms with Crippen molar-refractivity contribution < 1.29 is 19.8 Å². The van der Waals surface area contributed by atoms with E-state index in [4.69, 9.17) is 0 Å². The van der Waals surface area contributed by atoms with Crippen LogP contribution in [0.1, 0.15) is 106 Å². The number of hydrogen-bond donors (Lipinski definition) is 2. The number of hydrogen-bond acceptors (Lipinski definition) is 3. The van der Waals surface area contributed by atoms with Crippen molar-refractivity contribution in [3.05, 3.63) is 11.1 Å². The van der Waals surface area contributed by atoms with Crippen LogP contribution in [0.5, 0.6) is 0 Å². The van der Waals surface area contributed by atoms with Gasteiger partial charge in [0.25, 0.3) is 0 Å². The average Bonchev–Trinajstić information content (AvgIpc) is 2.75. The van der Waals surface area contributed by atoms with E-state index >= 15 is 0 Å². The zero-order chi connectivity index (χ0) is 24.2. The van der Waals surface area contributed by atoms with Gasteiger partial charge in [-0.2, -0.15) is 0 Å². The Morgan fingerprint density at radius 2 is 1.52 bits per heavy atom. The summed E-state index contributed by atoms with van der Waals surface area (Å²) in [6, 6.07) is 0. The number of allylic oxidation sites excluding steroid dienone is 1. The van der Waals surface area contributed by atoms with Gasteiger partial charge in [0, 0.05) is 0 Å². The zero-order valence-corrected chi connectivity index (χ0v) is 21.6. The minimum atomic E-state index is -0.847. The van der Waals surface area contributed by atoms with E-state index in [1.54, 1.807) is 0 Å². The first-order valence-electron chi connectivity index (χ1n) is 13.4. The molecule has 2 N–H and O–H groups in total. The van der Waals surface area contributed by atoms with E-state index in [9.17, 15) is 19.8 Å². The number of carboxylic acid groups (broad SMARTS) is 1. The molecule has 0 saturated heterocycles. The van der Waals surface area contributed by atoms with E-state index in [0.717, 1.165) is 50.5 Å². The van der Waals surface area contributed by atoms with Crippen molar-refractivity contribution in [2.45, 2.75) is 112 Å². The third-order valence-corrected chi connectivity index (χ3v) is 12.8. The van der Waals surface area contributed by atoms with Crippen molar-refractivity contribution in [2.24, 2.45) is 44.8 Å². The lowest BCUT2D eigenvalue weighted by atomic mass is 9.31. The maximum atomic E-state index is 12.5. The second-order valence-corrected chi connectivity index (χ2v) is 14.0. The summed E-state index contributed by atoms with van der Waals surface area (Å²) < 4.78 is 0. The molecular weight excluding hydrogens is 412 g/mol. The third kappa shape index (κ3) is 2.85. The van der Waals surface area contributed by atoms with Gasteiger partial charge in [-0.15, -0.1) is 0 Å². The first kappa shape index (κ1) is 23.6. The van der Waals surface area contributed by atoms with E-state index in [0.29, 0.717) is 24.2 Å². The third-order valence-electron chi connectivity index (χ3n) is 12.8. The van der Waals surface area contributed by atoms with E-state index in [1.807, 2.05) is 13.8 Å². The molecule has 0 aromatic heterocycles. The zero-order valence-electron chi connectivity index (χ0n) is 21.6. The fraction of sp³-hybridized carbons (Fsp3) is 0.862. The highest BCUT2D eigenvalue weighted by Crippen LogP contribution is 2.77. The Balaban J connectivity index is 1.56. The highest BCUT2D eigenvalue weighted by molar-refractivity contribution is 5.99. The number of aliphatic hydroxyl groups is 1. The number of ketones is 1. The van der Waals surface area contributed by atoms with Gasteiger partial charge in [-0.3, -0.25) is 9.59 Å². The van der Waals surface area contributed by atoms with E-state index < -0.39 is 17.5 Å². The van der Waals surface area contributed by atoms with Crippen molar-refractivity contribution >= 4 is 11.8 Å². The van der Waals surface area contributed by atoms with Crippen molar-refractivity contribution in [1.29, 1.82) is 0 Å². The molecule has 0 aromatic rings. The highest BCUT2D eigenvalue weighted by atomic mass is 16.4. The second-order valence-electron chi connectivity index (χ2n) is 14.0. The molecule has 4 nitrogen and oxygen atoms in total. The molecule has 0 aromatic carbocycles. The maximum absolute atomic E-state index is 12.5. The minimum absolute atomic E-state index is 0.0567. The van der Waals surface area contributed by atoms with Gasteiger partial charge in [-0.05, 0) is 123 Å². The molecular formula is C29H44O4. The van der Waals surface area contributed by atoms with Crippen LogP contribution in [0.2, 0.25) is 0 Å². The first-order valence-corrected chi connectivity index (χ1v) is 13.4. The van der Waals surface area contributed by atoms with Gasteiger partial charge in [-0.1, -0.05) is 33.3 Å². The van der Waals surface area contributed by atoms with Gasteiger partial charge in [0.1, 0.15) is 6.10 Å². The number of fused-ring (bicyclic) bond motifs is 7. The Labute approximate surface area is 199 Å². The molecule has 0 aliphatic heterocycles. The lowest BCUT2D eigenvalue weighted by Crippen LogP contribution is -2.66. The van der Waals surface area contributed by atoms with Crippen molar-refractivity contribution in [1.82, 2.24) is 0 Å². The molecule has 4 saturated carbocycles. The summed E-state index contributed by atoms with van der Waals surface area (Å²) >= 11 is 0. The standard InChI is InChI=1S/C29H44O4/c1-17-18-7-8-21-27(4,19(18)15-20(30)23(17)31)12-14-29(6)22-16-26(3,24(32)33)10-9-25(22,2)11-13-28(21,29)5/h19-22,30H,7-16H2,1-6H3,(H,32,33)/t19-,20+,21+,22-,25-,26-,27+,28-,29+/m1/s1. The summed E-state index contributed by atoms with van der Waals surface area (Å²) in [6.07, 6.45) is 9.11. The van der Waals surface area contributed by atoms with Gasteiger partial charge in [-0.25, -0.2) is 0 Å². The fourth-order valence-electron chi connectivity index (χ4n) is 10.3. The summed E-state index contributed by atoms with van der Waals surface area (Å²) in [5, 5.41) is 20.7. The van der Waals surface area contributed by atoms with Crippen LogP contribution >= 0.6 is 0 Å². The summed E-state index contributed by atoms with van der Waals surface area (Å²) in [5.74, 6) is 0.603. The van der Waals surface area contributed by atoms with E-state index in [-0.39, 0.29) is 27.4 Å². The van der Waals surface area contributed by atoms with Crippen LogP contribution in [0.15, 0.2) is 11.1 Å². The van der Waals surface area contributed by atoms with Crippen LogP contribution in [0.25, 0.3) is 0 Å². The number of aliphatic hydroxyl groups excluding tert-OH is 1. The van der Waals surface area contributed by atoms with Crippen molar-refractivity contribution in [2.75, 3.05) is 0 Å². The molecule has 0 bridgehead atoms. The first-order chi connectivity index (χ1) is 15.2. The topological polar surface area (TPSA) is 74.6 Å². The number of rotatable bonds is 1. The number of aliphatic carboxylic acids is 1. The van der Waals surface area contributed by atoms with Crippen LogP contribution in [0.3, 0.4) is 0 Å². The minimum Gasteiger partial charge on any atom is -0.481 e. The molecule has 0 spiro atoms. The second kappa shape index (κ2) is 6.95. The number of carboxylic acids is 1. The molecule has 0 radical (unpaired) electrons. The quantitative estimate of drug-likeness (QED) is 0.495. The summed E-state index contributed by atoms with van der Waals surface area (Å²) in [5.41, 5.74) is 2.17. The Morgan fingerprint density at radius 1 is 0.909 bits per heavy atom. The number of carbonyl (C=O) groups is 2. The smallest absolute Gasteiger partial charge is 0.309 e. The lowest BCUT2D eigenvalue weighted by Gasteiger charge is -2.73. The maximum Gasteiger partial charge on any atom is 0.309 e. The van der Waals surface area contributed by atoms with Gasteiger partial charge >= 0.3 is 5.97 Å².